The van der Waals surface area contributed by atoms with Gasteiger partial charge < -0.3 is 28.6 Å². The first-order chi connectivity index (χ1) is 20.5. The van der Waals surface area contributed by atoms with Gasteiger partial charge in [0.25, 0.3) is 0 Å². The van der Waals surface area contributed by atoms with Gasteiger partial charge in [0.05, 0.1) is 32.9 Å². The van der Waals surface area contributed by atoms with E-state index in [4.69, 9.17) is 52.8 Å². The largest absolute Gasteiger partial charge is 0.497 e. The smallest absolute Gasteiger partial charge is 0.472 e. The molecule has 4 rings (SSSR count). The van der Waals surface area contributed by atoms with Crippen LogP contribution in [0.5, 0.6) is 11.5 Å². The fraction of sp³-hybridized carbons (Fsp3) is 0.387. The minimum atomic E-state index is -4.54. The lowest BCUT2D eigenvalue weighted by molar-refractivity contribution is -0.0753. The predicted octanol–water partition coefficient (Wildman–Crippen LogP) is 5.55. The molecule has 3 aromatic carbocycles. The Morgan fingerprint density at radius 1 is 0.930 bits per heavy atom. The molecular formula is C31H36BO9PS. The zero-order valence-corrected chi connectivity index (χ0v) is 26.5. The minimum absolute atomic E-state index is 0.122. The molecule has 228 valence electrons. The Hall–Kier alpha value is -2.76. The maximum Gasteiger partial charge on any atom is 0.472 e. The standard InChI is InChI=1S/C31H36BO9PS/c1-20(2)40-42(33,34)41-28-27(39-30(32)29(28)38-21(3)43)19-37-31(22-9-7-6-8-10-22,23-11-15-25(35-4)16-12-23)24-13-17-26(36-5)18-14-24/h6-18,20,27-30H,19H2,1-5H3,(H,33,34)/t27-,28+,29?,30-/m1/s1. The fourth-order valence-corrected chi connectivity index (χ4v) is 6.33. The van der Waals surface area contributed by atoms with E-state index >= 15 is 0 Å². The number of benzene rings is 3. The van der Waals surface area contributed by atoms with Gasteiger partial charge in [-0.1, -0.05) is 54.6 Å². The second-order valence-corrected chi connectivity index (χ2v) is 12.2. The van der Waals surface area contributed by atoms with E-state index in [1.165, 1.54) is 0 Å². The number of rotatable bonds is 13. The maximum absolute atomic E-state index is 12.9. The SMILES string of the molecule is [B][C@@H]1O[C@H](COC(c2ccccc2)(c2ccc(OC)cc2)c2ccc(OC)cc2)[C@H](OP(=O)(O)OC(C)C)C1OC(C)=S. The van der Waals surface area contributed by atoms with Crippen molar-refractivity contribution in [1.29, 1.82) is 0 Å². The quantitative estimate of drug-likeness (QED) is 0.113. The summed E-state index contributed by atoms with van der Waals surface area (Å²) >= 11 is 5.14. The van der Waals surface area contributed by atoms with Gasteiger partial charge in [-0.05, 0) is 67.0 Å². The first-order valence-electron chi connectivity index (χ1n) is 13.8. The molecule has 1 N–H and O–H groups in total. The highest BCUT2D eigenvalue weighted by atomic mass is 32.1. The number of methoxy groups -OCH3 is 2. The van der Waals surface area contributed by atoms with Crippen LogP contribution in [0.25, 0.3) is 0 Å². The van der Waals surface area contributed by atoms with Crippen LogP contribution >= 0.6 is 20.0 Å². The van der Waals surface area contributed by atoms with Crippen LogP contribution in [-0.4, -0.2) is 69.0 Å². The summed E-state index contributed by atoms with van der Waals surface area (Å²) in [7, 11) is 4.94. The maximum atomic E-state index is 12.9. The third-order valence-corrected chi connectivity index (χ3v) is 8.18. The van der Waals surface area contributed by atoms with E-state index in [-0.39, 0.29) is 11.7 Å². The second-order valence-electron chi connectivity index (χ2n) is 10.2. The minimum Gasteiger partial charge on any atom is -0.497 e. The van der Waals surface area contributed by atoms with E-state index in [2.05, 4.69) is 0 Å². The predicted molar refractivity (Wildman–Crippen MR) is 167 cm³/mol. The topological polar surface area (TPSA) is 102 Å². The first-order valence-corrected chi connectivity index (χ1v) is 15.7. The van der Waals surface area contributed by atoms with E-state index in [1.807, 2.05) is 78.9 Å². The Kier molecular flexibility index (Phi) is 11.1. The molecule has 0 saturated carbocycles. The van der Waals surface area contributed by atoms with Gasteiger partial charge in [0.1, 0.15) is 43.3 Å². The lowest BCUT2D eigenvalue weighted by atomic mass is 9.80. The van der Waals surface area contributed by atoms with Crippen LogP contribution in [0, 0.1) is 0 Å². The van der Waals surface area contributed by atoms with Crippen molar-refractivity contribution >= 4 is 32.9 Å². The summed E-state index contributed by atoms with van der Waals surface area (Å²) in [5.41, 5.74) is 1.24. The molecule has 0 spiro atoms. The monoisotopic (exact) mass is 626 g/mol. The Labute approximate surface area is 259 Å². The third-order valence-electron chi connectivity index (χ3n) is 6.88. The molecule has 1 aliphatic heterocycles. The average Bonchev–Trinajstić information content (AvgIpc) is 3.26. The Morgan fingerprint density at radius 3 is 1.91 bits per heavy atom. The number of ether oxygens (including phenoxy) is 5. The van der Waals surface area contributed by atoms with Crippen molar-refractivity contribution < 1.29 is 42.2 Å². The van der Waals surface area contributed by atoms with Crippen LogP contribution in [0.3, 0.4) is 0 Å². The molecule has 0 aromatic heterocycles. The molecule has 5 atom stereocenters. The second kappa shape index (κ2) is 14.4. The highest BCUT2D eigenvalue weighted by Crippen LogP contribution is 2.49. The van der Waals surface area contributed by atoms with Gasteiger partial charge in [-0.2, -0.15) is 0 Å². The summed E-state index contributed by atoms with van der Waals surface area (Å²) in [5, 5.41) is 0.173. The Balaban J connectivity index is 1.80. The van der Waals surface area contributed by atoms with Crippen molar-refractivity contribution in [2.45, 2.75) is 56.8 Å². The van der Waals surface area contributed by atoms with Crippen LogP contribution in [0.2, 0.25) is 0 Å². The number of thiocarbonyl (C=S) groups is 1. The number of phosphoric acid groups is 1. The van der Waals surface area contributed by atoms with Crippen molar-refractivity contribution in [2.24, 2.45) is 0 Å². The molecule has 1 fully saturated rings. The summed E-state index contributed by atoms with van der Waals surface area (Å²) < 4.78 is 53.2. The summed E-state index contributed by atoms with van der Waals surface area (Å²) in [5.74, 6) is 1.36. The van der Waals surface area contributed by atoms with Crippen LogP contribution in [0.4, 0.5) is 0 Å². The van der Waals surface area contributed by atoms with E-state index < -0.39 is 43.8 Å². The third kappa shape index (κ3) is 7.86. The van der Waals surface area contributed by atoms with Crippen LogP contribution in [-0.2, 0) is 33.4 Å². The highest BCUT2D eigenvalue weighted by Gasteiger charge is 2.50. The summed E-state index contributed by atoms with van der Waals surface area (Å²) in [6.45, 7) is 4.69. The first kappa shape index (κ1) is 33.1. The van der Waals surface area contributed by atoms with Crippen molar-refractivity contribution in [3.05, 3.63) is 95.6 Å². The van der Waals surface area contributed by atoms with E-state index in [0.29, 0.717) is 11.5 Å². The van der Waals surface area contributed by atoms with Crippen molar-refractivity contribution in [1.82, 2.24) is 0 Å². The van der Waals surface area contributed by atoms with Gasteiger partial charge in [-0.25, -0.2) is 4.57 Å². The van der Waals surface area contributed by atoms with Gasteiger partial charge in [0.15, 0.2) is 5.05 Å². The van der Waals surface area contributed by atoms with E-state index in [9.17, 15) is 9.46 Å². The Morgan fingerprint density at radius 2 is 1.44 bits per heavy atom. The lowest BCUT2D eigenvalue weighted by Gasteiger charge is -2.37. The molecule has 12 heteroatoms. The number of hydrogen-bond acceptors (Lipinski definition) is 9. The molecular weight excluding hydrogens is 590 g/mol. The molecule has 43 heavy (non-hydrogen) atoms. The highest BCUT2D eigenvalue weighted by molar-refractivity contribution is 7.80. The molecule has 0 amide bonds. The molecule has 9 nitrogen and oxygen atoms in total. The number of phosphoric ester groups is 1. The van der Waals surface area contributed by atoms with Gasteiger partial charge in [0, 0.05) is 6.92 Å². The van der Waals surface area contributed by atoms with Crippen molar-refractivity contribution in [3.63, 3.8) is 0 Å². The van der Waals surface area contributed by atoms with Crippen LogP contribution in [0.1, 0.15) is 37.5 Å². The summed E-state index contributed by atoms with van der Waals surface area (Å²) in [4.78, 5) is 10.5. The molecule has 2 unspecified atom stereocenters. The molecule has 3 aromatic rings. The zero-order chi connectivity index (χ0) is 31.2. The van der Waals surface area contributed by atoms with Crippen molar-refractivity contribution in [2.75, 3.05) is 20.8 Å². The van der Waals surface area contributed by atoms with E-state index in [0.717, 1.165) is 16.7 Å². The normalized spacial score (nSPS) is 21.7. The average molecular weight is 626 g/mol. The molecule has 1 saturated heterocycles. The molecule has 1 heterocycles. The Bertz CT molecular complexity index is 1340. The number of hydrogen-bond donors (Lipinski definition) is 1. The molecule has 0 aliphatic carbocycles. The summed E-state index contributed by atoms with van der Waals surface area (Å²) in [6.07, 6.45) is -3.66. The zero-order valence-electron chi connectivity index (χ0n) is 24.7. The van der Waals surface area contributed by atoms with Gasteiger partial charge in [0.2, 0.25) is 0 Å². The van der Waals surface area contributed by atoms with E-state index in [1.54, 1.807) is 35.0 Å². The van der Waals surface area contributed by atoms with Crippen LogP contribution in [0.15, 0.2) is 78.9 Å². The van der Waals surface area contributed by atoms with Crippen LogP contribution < -0.4 is 9.47 Å². The lowest BCUT2D eigenvalue weighted by Crippen LogP contribution is -2.42. The van der Waals surface area contributed by atoms with Gasteiger partial charge >= 0.3 is 7.82 Å². The van der Waals surface area contributed by atoms with Crippen molar-refractivity contribution in [3.8, 4) is 11.5 Å². The van der Waals surface area contributed by atoms with Gasteiger partial charge in [-0.15, -0.1) is 0 Å². The van der Waals surface area contributed by atoms with Gasteiger partial charge in [-0.3, -0.25) is 9.05 Å². The summed E-state index contributed by atoms with van der Waals surface area (Å²) in [6, 6.07) is 23.8. The molecule has 2 radical (unpaired) electrons. The molecule has 1 aliphatic rings. The fourth-order valence-electron chi connectivity index (χ4n) is 5.07. The molecule has 0 bridgehead atoms.